The van der Waals surface area contributed by atoms with Crippen molar-refractivity contribution in [3.05, 3.63) is 82.3 Å². The van der Waals surface area contributed by atoms with Gasteiger partial charge in [-0.3, -0.25) is 14.0 Å². The van der Waals surface area contributed by atoms with Gasteiger partial charge < -0.3 is 11.1 Å². The van der Waals surface area contributed by atoms with E-state index in [0.717, 1.165) is 5.56 Å². The number of hydrogen-bond acceptors (Lipinski definition) is 4. The Kier molecular flexibility index (Phi) is 4.95. The molecule has 7 heteroatoms. The van der Waals surface area contributed by atoms with E-state index in [1.807, 2.05) is 43.3 Å². The first-order chi connectivity index (χ1) is 14.1. The molecule has 4 rings (SSSR count). The van der Waals surface area contributed by atoms with Gasteiger partial charge in [-0.15, -0.1) is 0 Å². The topological polar surface area (TPSA) is 93.4 Å². The van der Waals surface area contributed by atoms with Crippen molar-refractivity contribution in [2.24, 2.45) is 0 Å². The van der Waals surface area contributed by atoms with Crippen LogP contribution in [0.5, 0.6) is 0 Å². The molecule has 29 heavy (non-hydrogen) atoms. The monoisotopic (exact) mass is 388 g/mol. The highest BCUT2D eigenvalue weighted by molar-refractivity contribution is 6.00. The molecule has 0 atom stereocenters. The zero-order valence-corrected chi connectivity index (χ0v) is 16.1. The van der Waals surface area contributed by atoms with E-state index in [9.17, 15) is 9.59 Å². The van der Waals surface area contributed by atoms with Crippen LogP contribution in [0, 0.1) is 0 Å². The van der Waals surface area contributed by atoms with Crippen molar-refractivity contribution >= 4 is 28.4 Å². The smallest absolute Gasteiger partial charge is 0.278 e. The molecule has 3 N–H and O–H groups in total. The summed E-state index contributed by atoms with van der Waals surface area (Å²) in [6.07, 6.45) is 2.37. The van der Waals surface area contributed by atoms with Gasteiger partial charge in [0, 0.05) is 12.7 Å². The Morgan fingerprint density at radius 2 is 1.93 bits per heavy atom. The third-order valence-corrected chi connectivity index (χ3v) is 4.96. The molecule has 0 aliphatic carbocycles. The van der Waals surface area contributed by atoms with Crippen molar-refractivity contribution in [3.63, 3.8) is 0 Å². The van der Waals surface area contributed by atoms with Gasteiger partial charge in [0.05, 0.1) is 6.54 Å². The Balaban J connectivity index is 1.73. The van der Waals surface area contributed by atoms with E-state index in [0.29, 0.717) is 42.0 Å². The maximum atomic E-state index is 13.0. The van der Waals surface area contributed by atoms with Crippen LogP contribution in [0.25, 0.3) is 16.7 Å². The number of rotatable bonds is 5. The molecule has 0 spiro atoms. The lowest BCUT2D eigenvalue weighted by Crippen LogP contribution is -2.42. The predicted molar refractivity (Wildman–Crippen MR) is 112 cm³/mol. The SMILES string of the molecule is CC[n+]1c(N)c(C(=O)NCCc2ccccc2)cc2c(=O)n3ccccc3nc21. The zero-order valence-electron chi connectivity index (χ0n) is 16.1. The number of aryl methyl sites for hydroxylation is 1. The summed E-state index contributed by atoms with van der Waals surface area (Å²) in [5.41, 5.74) is 8.48. The summed E-state index contributed by atoms with van der Waals surface area (Å²) in [6.45, 7) is 2.87. The molecule has 0 aliphatic rings. The summed E-state index contributed by atoms with van der Waals surface area (Å²) in [5, 5.41) is 3.26. The predicted octanol–water partition coefficient (Wildman–Crippen LogP) is 1.71. The van der Waals surface area contributed by atoms with Crippen LogP contribution in [-0.4, -0.2) is 21.8 Å². The number of hydrogen-bond donors (Lipinski definition) is 2. The highest BCUT2D eigenvalue weighted by Crippen LogP contribution is 2.14. The fourth-order valence-electron chi connectivity index (χ4n) is 3.46. The number of nitrogens with zero attached hydrogens (tertiary/aromatic N) is 3. The molecule has 146 valence electrons. The molecule has 0 saturated carbocycles. The molecule has 3 aromatic heterocycles. The van der Waals surface area contributed by atoms with E-state index in [-0.39, 0.29) is 17.0 Å². The quantitative estimate of drug-likeness (QED) is 0.402. The van der Waals surface area contributed by atoms with Crippen LogP contribution in [0.15, 0.2) is 65.6 Å². The summed E-state index contributed by atoms with van der Waals surface area (Å²) in [6, 6.07) is 16.8. The van der Waals surface area contributed by atoms with Crippen molar-refractivity contribution in [3.8, 4) is 0 Å². The van der Waals surface area contributed by atoms with E-state index in [1.54, 1.807) is 29.0 Å². The molecule has 3 heterocycles. The van der Waals surface area contributed by atoms with Crippen molar-refractivity contribution in [2.45, 2.75) is 19.9 Å². The van der Waals surface area contributed by atoms with Crippen LogP contribution < -0.4 is 21.2 Å². The van der Waals surface area contributed by atoms with E-state index < -0.39 is 0 Å². The lowest BCUT2D eigenvalue weighted by atomic mass is 10.1. The van der Waals surface area contributed by atoms with Gasteiger partial charge in [0.25, 0.3) is 17.1 Å². The van der Waals surface area contributed by atoms with Crippen molar-refractivity contribution in [1.29, 1.82) is 0 Å². The number of amides is 1. The number of carbonyl (C=O) groups excluding carboxylic acids is 1. The fraction of sp³-hybridized carbons (Fsp3) is 0.182. The summed E-state index contributed by atoms with van der Waals surface area (Å²) in [7, 11) is 0. The molecule has 1 aromatic carbocycles. The average Bonchev–Trinajstić information content (AvgIpc) is 2.74. The van der Waals surface area contributed by atoms with E-state index in [2.05, 4.69) is 10.3 Å². The van der Waals surface area contributed by atoms with Crippen molar-refractivity contribution in [1.82, 2.24) is 14.7 Å². The molecule has 0 bridgehead atoms. The molecule has 0 radical (unpaired) electrons. The zero-order chi connectivity index (χ0) is 20.4. The largest absolute Gasteiger partial charge is 0.351 e. The number of nitrogens with one attached hydrogen (secondary N) is 1. The van der Waals surface area contributed by atoms with Crippen LogP contribution >= 0.6 is 0 Å². The molecule has 0 aliphatic heterocycles. The summed E-state index contributed by atoms with van der Waals surface area (Å²) >= 11 is 0. The number of pyridine rings is 2. The molecule has 1 amide bonds. The average molecular weight is 388 g/mol. The maximum Gasteiger partial charge on any atom is 0.278 e. The lowest BCUT2D eigenvalue weighted by Gasteiger charge is -2.11. The number of fused-ring (bicyclic) bond motifs is 2. The Morgan fingerprint density at radius 3 is 2.69 bits per heavy atom. The van der Waals surface area contributed by atoms with Gasteiger partial charge in [0.1, 0.15) is 10.9 Å². The number of nitrogens with two attached hydrogens (primary N) is 1. The molecule has 7 nitrogen and oxygen atoms in total. The number of carbonyl (C=O) groups is 1. The lowest BCUT2D eigenvalue weighted by molar-refractivity contribution is -0.655. The first kappa shape index (κ1) is 18.6. The highest BCUT2D eigenvalue weighted by Gasteiger charge is 2.23. The Morgan fingerprint density at radius 1 is 1.17 bits per heavy atom. The van der Waals surface area contributed by atoms with Crippen LogP contribution in [0.3, 0.4) is 0 Å². The molecular formula is C22H22N5O2+. The normalized spacial score (nSPS) is 11.1. The third kappa shape index (κ3) is 3.42. The van der Waals surface area contributed by atoms with E-state index >= 15 is 0 Å². The van der Waals surface area contributed by atoms with E-state index in [1.165, 1.54) is 4.40 Å². The summed E-state index contributed by atoms with van der Waals surface area (Å²) < 4.78 is 3.17. The van der Waals surface area contributed by atoms with Crippen molar-refractivity contribution in [2.75, 3.05) is 12.3 Å². The second-order valence-electron chi connectivity index (χ2n) is 6.76. The Hall–Kier alpha value is -3.74. The number of nitrogen functional groups attached to an aromatic ring is 1. The standard InChI is InChI=1S/C22H21N5O2/c1-2-26-19(23)16(21(28)24-12-11-15-8-4-3-5-9-15)14-17-20(26)25-18-10-6-7-13-27(18)22(17)29/h3-10,13-14,23H,2,11-12H2,1H3,(H,24,28)/p+1. The summed E-state index contributed by atoms with van der Waals surface area (Å²) in [5.74, 6) is -0.00974. The maximum absolute atomic E-state index is 13.0. The molecule has 0 saturated heterocycles. The van der Waals surface area contributed by atoms with Gasteiger partial charge in [-0.05, 0) is 37.1 Å². The number of aromatic nitrogens is 3. The minimum atomic E-state index is -0.305. The van der Waals surface area contributed by atoms with Gasteiger partial charge in [-0.2, -0.15) is 0 Å². The second kappa shape index (κ2) is 7.71. The highest BCUT2D eigenvalue weighted by atomic mass is 16.1. The third-order valence-electron chi connectivity index (χ3n) is 4.96. The van der Waals surface area contributed by atoms with Crippen LogP contribution in [0.4, 0.5) is 5.82 Å². The van der Waals surface area contributed by atoms with Crippen LogP contribution in [0.2, 0.25) is 0 Å². The number of anilines is 1. The summed E-state index contributed by atoms with van der Waals surface area (Å²) in [4.78, 5) is 30.4. The van der Waals surface area contributed by atoms with Gasteiger partial charge in [-0.1, -0.05) is 41.4 Å². The Bertz CT molecular complexity index is 1270. The van der Waals surface area contributed by atoms with E-state index in [4.69, 9.17) is 5.73 Å². The first-order valence-electron chi connectivity index (χ1n) is 9.55. The Labute approximate surface area is 167 Å². The number of benzene rings is 1. The van der Waals surface area contributed by atoms with Crippen molar-refractivity contribution < 1.29 is 9.36 Å². The first-order valence-corrected chi connectivity index (χ1v) is 9.55. The van der Waals surface area contributed by atoms with Gasteiger partial charge in [-0.25, -0.2) is 4.57 Å². The molecule has 0 fully saturated rings. The van der Waals surface area contributed by atoms with Gasteiger partial charge >= 0.3 is 0 Å². The second-order valence-corrected chi connectivity index (χ2v) is 6.76. The minimum Gasteiger partial charge on any atom is -0.351 e. The molecular weight excluding hydrogens is 366 g/mol. The molecule has 0 unspecified atom stereocenters. The van der Waals surface area contributed by atoms with Crippen LogP contribution in [-0.2, 0) is 13.0 Å². The fourth-order valence-corrected chi connectivity index (χ4v) is 3.46. The van der Waals surface area contributed by atoms with Gasteiger partial charge in [0.15, 0.2) is 0 Å². The van der Waals surface area contributed by atoms with Gasteiger partial charge in [0.2, 0.25) is 11.5 Å². The van der Waals surface area contributed by atoms with Crippen LogP contribution in [0.1, 0.15) is 22.8 Å². The minimum absolute atomic E-state index is 0.230. The molecule has 4 aromatic rings.